The minimum absolute atomic E-state index is 0.0171. The summed E-state index contributed by atoms with van der Waals surface area (Å²) in [5, 5.41) is 10.1. The van der Waals surface area contributed by atoms with E-state index < -0.39 is 11.3 Å². The molecule has 1 aromatic carbocycles. The van der Waals surface area contributed by atoms with Crippen LogP contribution in [0.3, 0.4) is 0 Å². The lowest BCUT2D eigenvalue weighted by Crippen LogP contribution is -2.02. The number of hydrogen-bond acceptors (Lipinski definition) is 3. The number of pyridine rings is 1. The molecule has 0 fully saturated rings. The maximum Gasteiger partial charge on any atom is 0.259 e. The Morgan fingerprint density at radius 2 is 2.20 bits per heavy atom. The van der Waals surface area contributed by atoms with Gasteiger partial charge in [-0.05, 0) is 12.1 Å². The fourth-order valence-corrected chi connectivity index (χ4v) is 1.69. The van der Waals surface area contributed by atoms with Crippen LogP contribution in [-0.4, -0.2) is 18.9 Å². The molecule has 78 valence electrons. The third-order valence-corrected chi connectivity index (χ3v) is 2.28. The number of rotatable bonds is 2. The highest BCUT2D eigenvalue weighted by Crippen LogP contribution is 2.26. The quantitative estimate of drug-likeness (QED) is 0.675. The van der Waals surface area contributed by atoms with E-state index in [0.717, 1.165) is 0 Å². The standard InChI is InChI=1S/C9H8N2O3S/c12-7-4-6-2-1-3-10-9(6)8(5-7)11-15(13)14/h1-5,11-12H,(H,13,14). The largest absolute Gasteiger partial charge is 0.508 e. The Bertz CT molecular complexity index is 530. The summed E-state index contributed by atoms with van der Waals surface area (Å²) >= 11 is -2.18. The van der Waals surface area contributed by atoms with Crippen molar-refractivity contribution in [2.24, 2.45) is 0 Å². The smallest absolute Gasteiger partial charge is 0.259 e. The molecular weight excluding hydrogens is 216 g/mol. The van der Waals surface area contributed by atoms with Crippen LogP contribution >= 0.6 is 0 Å². The molecule has 1 heterocycles. The van der Waals surface area contributed by atoms with Gasteiger partial charge in [-0.15, -0.1) is 0 Å². The number of anilines is 1. The van der Waals surface area contributed by atoms with E-state index in [0.29, 0.717) is 16.6 Å². The Kier molecular flexibility index (Phi) is 2.53. The summed E-state index contributed by atoms with van der Waals surface area (Å²) in [7, 11) is 0. The summed E-state index contributed by atoms with van der Waals surface area (Å²) in [4.78, 5) is 4.06. The Morgan fingerprint density at radius 1 is 1.40 bits per heavy atom. The summed E-state index contributed by atoms with van der Waals surface area (Å²) in [5.41, 5.74) is 0.865. The van der Waals surface area contributed by atoms with E-state index in [1.54, 1.807) is 18.3 Å². The van der Waals surface area contributed by atoms with Gasteiger partial charge in [-0.2, -0.15) is 0 Å². The average Bonchev–Trinajstić information content (AvgIpc) is 2.16. The Hall–Kier alpha value is -1.66. The number of hydrogen-bond donors (Lipinski definition) is 3. The molecule has 15 heavy (non-hydrogen) atoms. The van der Waals surface area contributed by atoms with Gasteiger partial charge in [-0.1, -0.05) is 6.07 Å². The molecule has 0 aliphatic heterocycles. The number of fused-ring (bicyclic) bond motifs is 1. The Balaban J connectivity index is 2.65. The summed E-state index contributed by atoms with van der Waals surface area (Å²) in [6.45, 7) is 0. The molecule has 0 spiro atoms. The fraction of sp³-hybridized carbons (Fsp3) is 0. The van der Waals surface area contributed by atoms with Gasteiger partial charge < -0.3 is 5.11 Å². The van der Waals surface area contributed by atoms with Gasteiger partial charge in [0, 0.05) is 17.6 Å². The van der Waals surface area contributed by atoms with Crippen LogP contribution in [0.25, 0.3) is 10.9 Å². The highest BCUT2D eigenvalue weighted by molar-refractivity contribution is 7.80. The molecule has 6 heteroatoms. The van der Waals surface area contributed by atoms with E-state index in [1.807, 2.05) is 0 Å². The van der Waals surface area contributed by atoms with Crippen molar-refractivity contribution < 1.29 is 13.9 Å². The van der Waals surface area contributed by atoms with Crippen molar-refractivity contribution in [1.82, 2.24) is 4.98 Å². The van der Waals surface area contributed by atoms with Gasteiger partial charge in [0.1, 0.15) is 5.75 Å². The first-order chi connectivity index (χ1) is 7.16. The number of phenols is 1. The second-order valence-corrected chi connectivity index (χ2v) is 3.62. The molecule has 5 nitrogen and oxygen atoms in total. The van der Waals surface area contributed by atoms with Gasteiger partial charge in [0.2, 0.25) is 0 Å². The molecule has 1 aromatic heterocycles. The Morgan fingerprint density at radius 3 is 2.93 bits per heavy atom. The van der Waals surface area contributed by atoms with E-state index in [2.05, 4.69) is 9.71 Å². The lowest BCUT2D eigenvalue weighted by atomic mass is 10.2. The van der Waals surface area contributed by atoms with Crippen LogP contribution in [0.4, 0.5) is 5.69 Å². The number of aromatic hydroxyl groups is 1. The molecule has 2 rings (SSSR count). The second kappa shape index (κ2) is 3.84. The third kappa shape index (κ3) is 2.05. The summed E-state index contributed by atoms with van der Waals surface area (Å²) in [6, 6.07) is 6.37. The molecule has 3 N–H and O–H groups in total. The van der Waals surface area contributed by atoms with Crippen LogP contribution in [-0.2, 0) is 11.3 Å². The number of phenolic OH excluding ortho intramolecular Hbond substituents is 1. The van der Waals surface area contributed by atoms with Crippen molar-refractivity contribution in [2.75, 3.05) is 4.72 Å². The van der Waals surface area contributed by atoms with Crippen molar-refractivity contribution >= 4 is 27.9 Å². The molecule has 0 saturated heterocycles. The molecule has 2 aromatic rings. The molecule has 0 radical (unpaired) electrons. The van der Waals surface area contributed by atoms with Crippen molar-refractivity contribution in [3.05, 3.63) is 30.5 Å². The molecule has 0 aliphatic rings. The average molecular weight is 224 g/mol. The van der Waals surface area contributed by atoms with E-state index in [9.17, 15) is 9.32 Å². The van der Waals surface area contributed by atoms with Gasteiger partial charge >= 0.3 is 0 Å². The van der Waals surface area contributed by atoms with Gasteiger partial charge in [0.15, 0.2) is 0 Å². The van der Waals surface area contributed by atoms with E-state index in [1.165, 1.54) is 12.1 Å². The molecule has 0 amide bonds. The van der Waals surface area contributed by atoms with Crippen LogP contribution in [0.2, 0.25) is 0 Å². The van der Waals surface area contributed by atoms with Gasteiger partial charge in [0.25, 0.3) is 11.3 Å². The lowest BCUT2D eigenvalue weighted by Gasteiger charge is -2.05. The number of benzene rings is 1. The molecular formula is C9H8N2O3S. The second-order valence-electron chi connectivity index (χ2n) is 2.92. The zero-order chi connectivity index (χ0) is 10.8. The van der Waals surface area contributed by atoms with Crippen molar-refractivity contribution in [2.45, 2.75) is 0 Å². The van der Waals surface area contributed by atoms with Crippen LogP contribution in [0.15, 0.2) is 30.5 Å². The molecule has 0 saturated carbocycles. The molecule has 1 unspecified atom stereocenters. The minimum atomic E-state index is -2.18. The van der Waals surface area contributed by atoms with Crippen molar-refractivity contribution in [3.63, 3.8) is 0 Å². The maximum atomic E-state index is 10.6. The summed E-state index contributed by atoms with van der Waals surface area (Å²) in [6.07, 6.45) is 1.57. The number of nitrogens with one attached hydrogen (secondary N) is 1. The topological polar surface area (TPSA) is 82.5 Å². The van der Waals surface area contributed by atoms with Crippen LogP contribution in [0, 0.1) is 0 Å². The van der Waals surface area contributed by atoms with Crippen LogP contribution in [0.1, 0.15) is 0 Å². The van der Waals surface area contributed by atoms with E-state index >= 15 is 0 Å². The fourth-order valence-electron chi connectivity index (χ4n) is 1.35. The van der Waals surface area contributed by atoms with Crippen molar-refractivity contribution in [3.8, 4) is 5.75 Å². The van der Waals surface area contributed by atoms with Crippen LogP contribution < -0.4 is 4.72 Å². The molecule has 0 aliphatic carbocycles. The molecule has 0 bridgehead atoms. The first-order valence-corrected chi connectivity index (χ1v) is 5.23. The van der Waals surface area contributed by atoms with Gasteiger partial charge in [-0.3, -0.25) is 14.3 Å². The number of nitrogens with zero attached hydrogens (tertiary/aromatic N) is 1. The first-order valence-electron chi connectivity index (χ1n) is 4.12. The van der Waals surface area contributed by atoms with Crippen molar-refractivity contribution in [1.29, 1.82) is 0 Å². The maximum absolute atomic E-state index is 10.6. The SMILES string of the molecule is O=S(O)Nc1cc(O)cc2cccnc12. The molecule has 1 atom stereocenters. The highest BCUT2D eigenvalue weighted by atomic mass is 32.2. The number of aromatic nitrogens is 1. The predicted octanol–water partition coefficient (Wildman–Crippen LogP) is 1.49. The zero-order valence-electron chi connectivity index (χ0n) is 7.54. The van der Waals surface area contributed by atoms with Gasteiger partial charge in [0.05, 0.1) is 11.2 Å². The summed E-state index contributed by atoms with van der Waals surface area (Å²) < 4.78 is 21.6. The first kappa shape index (κ1) is 9.88. The normalized spacial score (nSPS) is 12.6. The summed E-state index contributed by atoms with van der Waals surface area (Å²) in [5.74, 6) is 0.0171. The monoisotopic (exact) mass is 224 g/mol. The predicted molar refractivity (Wildman–Crippen MR) is 57.8 cm³/mol. The third-order valence-electron chi connectivity index (χ3n) is 1.89. The van der Waals surface area contributed by atoms with Crippen LogP contribution in [0.5, 0.6) is 5.75 Å². The van der Waals surface area contributed by atoms with E-state index in [-0.39, 0.29) is 5.75 Å². The minimum Gasteiger partial charge on any atom is -0.508 e. The zero-order valence-corrected chi connectivity index (χ0v) is 8.36. The highest BCUT2D eigenvalue weighted by Gasteiger charge is 2.05. The van der Waals surface area contributed by atoms with E-state index in [4.69, 9.17) is 4.55 Å². The Labute approximate surface area is 88.2 Å². The van der Waals surface area contributed by atoms with Gasteiger partial charge in [-0.25, -0.2) is 4.21 Å². The lowest BCUT2D eigenvalue weighted by molar-refractivity contribution is 0.476.